The lowest BCUT2D eigenvalue weighted by molar-refractivity contribution is 0.0722. The van der Waals surface area contributed by atoms with E-state index < -0.39 is 0 Å². The minimum atomic E-state index is -0.0966. The molecule has 4 aromatic rings. The molecule has 3 heterocycles. The van der Waals surface area contributed by atoms with Crippen molar-refractivity contribution in [3.8, 4) is 27.5 Å². The summed E-state index contributed by atoms with van der Waals surface area (Å²) in [5.74, 6) is 0.294. The first kappa shape index (κ1) is 30.0. The van der Waals surface area contributed by atoms with Crippen molar-refractivity contribution in [1.82, 2.24) is 14.5 Å². The number of pyridine rings is 1. The number of aromatic nitrogens is 2. The smallest absolute Gasteiger partial charge is 0.265 e. The summed E-state index contributed by atoms with van der Waals surface area (Å²) in [5.41, 5.74) is 8.14. The van der Waals surface area contributed by atoms with Crippen molar-refractivity contribution in [2.24, 2.45) is 5.92 Å². The molecule has 0 radical (unpaired) electrons. The maximum absolute atomic E-state index is 14.8. The Morgan fingerprint density at radius 2 is 1.60 bits per heavy atom. The van der Waals surface area contributed by atoms with Crippen molar-refractivity contribution in [2.75, 3.05) is 13.1 Å². The van der Waals surface area contributed by atoms with Gasteiger partial charge in [-0.3, -0.25) is 14.2 Å². The van der Waals surface area contributed by atoms with Gasteiger partial charge in [0.05, 0.1) is 22.5 Å². The standard InChI is InChI=1S/C36H43N3O2S/c1-7-26-13-12-14-27(8-2)33(26)39-31(21-23(3)4)29(35(40)38-19-10-9-11-20-38)22-30(36(39)41)34-37-32(25(6)42-34)28-17-15-24(5)16-18-28/h12-18,22-23H,7-11,19-21H2,1-6H3. The van der Waals surface area contributed by atoms with Gasteiger partial charge in [-0.2, -0.15) is 0 Å². The van der Waals surface area contributed by atoms with Crippen LogP contribution in [0.5, 0.6) is 0 Å². The van der Waals surface area contributed by atoms with Crippen LogP contribution in [0.2, 0.25) is 0 Å². The van der Waals surface area contributed by atoms with Gasteiger partial charge in [0.2, 0.25) is 0 Å². The van der Waals surface area contributed by atoms with Crippen LogP contribution in [-0.4, -0.2) is 33.4 Å². The number of carbonyl (C=O) groups excluding carboxylic acids is 1. The third kappa shape index (κ3) is 5.87. The van der Waals surface area contributed by atoms with Crippen LogP contribution in [-0.2, 0) is 19.3 Å². The number of amides is 1. The first-order chi connectivity index (χ1) is 20.2. The van der Waals surface area contributed by atoms with Crippen LogP contribution in [0, 0.1) is 19.8 Å². The van der Waals surface area contributed by atoms with Crippen molar-refractivity contribution in [3.63, 3.8) is 0 Å². The largest absolute Gasteiger partial charge is 0.339 e. The van der Waals surface area contributed by atoms with E-state index in [9.17, 15) is 9.59 Å². The number of nitrogens with zero attached hydrogens (tertiary/aromatic N) is 3. The lowest BCUT2D eigenvalue weighted by atomic mass is 9.96. The quantitative estimate of drug-likeness (QED) is 0.211. The molecular formula is C36H43N3O2S. The Kier molecular flexibility index (Phi) is 9.12. The summed E-state index contributed by atoms with van der Waals surface area (Å²) >= 11 is 1.53. The molecule has 42 heavy (non-hydrogen) atoms. The third-order valence-electron chi connectivity index (χ3n) is 8.32. The molecule has 1 fully saturated rings. The van der Waals surface area contributed by atoms with Gasteiger partial charge >= 0.3 is 0 Å². The van der Waals surface area contributed by atoms with Crippen molar-refractivity contribution in [2.45, 2.75) is 80.1 Å². The highest BCUT2D eigenvalue weighted by Crippen LogP contribution is 2.35. The number of rotatable bonds is 8. The van der Waals surface area contributed by atoms with Gasteiger partial charge in [-0.05, 0) is 75.5 Å². The average Bonchev–Trinajstić information content (AvgIpc) is 3.38. The van der Waals surface area contributed by atoms with Crippen LogP contribution in [0.1, 0.15) is 84.6 Å². The normalized spacial score (nSPS) is 13.6. The molecular weight excluding hydrogens is 538 g/mol. The highest BCUT2D eigenvalue weighted by atomic mass is 32.1. The Morgan fingerprint density at radius 3 is 2.19 bits per heavy atom. The molecule has 1 aliphatic heterocycles. The third-order valence-corrected chi connectivity index (χ3v) is 9.32. The fourth-order valence-electron chi connectivity index (χ4n) is 6.08. The van der Waals surface area contributed by atoms with E-state index in [-0.39, 0.29) is 17.4 Å². The number of para-hydroxylation sites is 1. The van der Waals surface area contributed by atoms with E-state index in [1.807, 2.05) is 15.5 Å². The fraction of sp³-hybridized carbons (Fsp3) is 0.417. The number of hydrogen-bond acceptors (Lipinski definition) is 4. The number of carbonyl (C=O) groups is 1. The Bertz CT molecular complexity index is 1620. The van der Waals surface area contributed by atoms with Crippen LogP contribution in [0.3, 0.4) is 0 Å². The minimum absolute atomic E-state index is 0.0272. The molecule has 0 saturated carbocycles. The summed E-state index contributed by atoms with van der Waals surface area (Å²) < 4.78 is 1.90. The SMILES string of the molecule is CCc1cccc(CC)c1-n1c(CC(C)C)c(C(=O)N2CCCCC2)cc(-c2nc(-c3ccc(C)cc3)c(C)s2)c1=O. The molecule has 0 atom stereocenters. The number of hydrogen-bond donors (Lipinski definition) is 0. The molecule has 220 valence electrons. The van der Waals surface area contributed by atoms with Gasteiger partial charge in [0, 0.05) is 29.2 Å². The molecule has 5 nitrogen and oxygen atoms in total. The second kappa shape index (κ2) is 12.8. The van der Waals surface area contributed by atoms with Gasteiger partial charge in [-0.15, -0.1) is 11.3 Å². The summed E-state index contributed by atoms with van der Waals surface area (Å²) in [4.78, 5) is 37.2. The first-order valence-electron chi connectivity index (χ1n) is 15.5. The summed E-state index contributed by atoms with van der Waals surface area (Å²) in [6, 6.07) is 16.5. The summed E-state index contributed by atoms with van der Waals surface area (Å²) in [6.45, 7) is 14.2. The Hall–Kier alpha value is -3.51. The van der Waals surface area contributed by atoms with E-state index in [2.05, 4.69) is 84.0 Å². The molecule has 0 unspecified atom stereocenters. The number of aryl methyl sites for hydroxylation is 4. The first-order valence-corrected chi connectivity index (χ1v) is 16.3. The number of piperidine rings is 1. The Labute approximate surface area is 254 Å². The van der Waals surface area contributed by atoms with Crippen LogP contribution in [0.25, 0.3) is 27.5 Å². The van der Waals surface area contributed by atoms with E-state index in [1.165, 1.54) is 16.9 Å². The molecule has 2 aromatic heterocycles. The predicted octanol–water partition coefficient (Wildman–Crippen LogP) is 8.19. The zero-order valence-electron chi connectivity index (χ0n) is 25.9. The summed E-state index contributed by atoms with van der Waals surface area (Å²) in [5, 5.41) is 0.664. The highest BCUT2D eigenvalue weighted by molar-refractivity contribution is 7.15. The Balaban J connectivity index is 1.82. The molecule has 1 amide bonds. The van der Waals surface area contributed by atoms with Crippen LogP contribution < -0.4 is 5.56 Å². The van der Waals surface area contributed by atoms with Crippen molar-refractivity contribution >= 4 is 17.2 Å². The van der Waals surface area contributed by atoms with Gasteiger partial charge in [-0.1, -0.05) is 75.7 Å². The molecule has 1 aliphatic rings. The summed E-state index contributed by atoms with van der Waals surface area (Å²) in [7, 11) is 0. The van der Waals surface area contributed by atoms with E-state index in [0.29, 0.717) is 22.6 Å². The molecule has 6 heteroatoms. The number of likely N-dealkylation sites (tertiary alicyclic amines) is 1. The zero-order chi connectivity index (χ0) is 30.0. The summed E-state index contributed by atoms with van der Waals surface area (Å²) in [6.07, 6.45) is 5.41. The van der Waals surface area contributed by atoms with E-state index in [1.54, 1.807) is 0 Å². The molecule has 1 saturated heterocycles. The molecule has 0 N–H and O–H groups in total. The second-order valence-electron chi connectivity index (χ2n) is 11.9. The topological polar surface area (TPSA) is 55.2 Å². The van der Waals surface area contributed by atoms with Gasteiger partial charge in [0.15, 0.2) is 0 Å². The lowest BCUT2D eigenvalue weighted by Crippen LogP contribution is -2.38. The fourth-order valence-corrected chi connectivity index (χ4v) is 7.02. The minimum Gasteiger partial charge on any atom is -0.339 e. The van der Waals surface area contributed by atoms with Crippen molar-refractivity contribution < 1.29 is 4.79 Å². The Morgan fingerprint density at radius 1 is 0.952 bits per heavy atom. The maximum atomic E-state index is 14.8. The van der Waals surface area contributed by atoms with Crippen LogP contribution in [0.15, 0.2) is 53.3 Å². The molecule has 0 bridgehead atoms. The van der Waals surface area contributed by atoms with Crippen molar-refractivity contribution in [1.29, 1.82) is 0 Å². The number of thiazole rings is 1. The van der Waals surface area contributed by atoms with Crippen LogP contribution in [0.4, 0.5) is 0 Å². The van der Waals surface area contributed by atoms with Gasteiger partial charge in [0.1, 0.15) is 5.01 Å². The van der Waals surface area contributed by atoms with E-state index >= 15 is 0 Å². The van der Waals surface area contributed by atoms with Gasteiger partial charge in [0.25, 0.3) is 11.5 Å². The molecule has 0 spiro atoms. The van der Waals surface area contributed by atoms with Crippen LogP contribution >= 0.6 is 11.3 Å². The van der Waals surface area contributed by atoms with E-state index in [0.717, 1.165) is 83.8 Å². The second-order valence-corrected chi connectivity index (χ2v) is 13.1. The maximum Gasteiger partial charge on any atom is 0.265 e. The van der Waals surface area contributed by atoms with Crippen molar-refractivity contribution in [3.05, 3.63) is 91.7 Å². The monoisotopic (exact) mass is 581 g/mol. The number of benzene rings is 2. The molecule has 5 rings (SSSR count). The zero-order valence-corrected chi connectivity index (χ0v) is 26.7. The lowest BCUT2D eigenvalue weighted by Gasteiger charge is -2.29. The van der Waals surface area contributed by atoms with Gasteiger partial charge in [-0.25, -0.2) is 4.98 Å². The molecule has 0 aliphatic carbocycles. The van der Waals surface area contributed by atoms with Gasteiger partial charge < -0.3 is 4.90 Å². The predicted molar refractivity (Wildman–Crippen MR) is 175 cm³/mol. The van der Waals surface area contributed by atoms with E-state index in [4.69, 9.17) is 4.98 Å². The molecule has 2 aromatic carbocycles. The average molecular weight is 582 g/mol. The highest BCUT2D eigenvalue weighted by Gasteiger charge is 2.28.